The molecule has 0 radical (unpaired) electrons. The molecule has 0 aliphatic heterocycles. The van der Waals surface area contributed by atoms with Gasteiger partial charge in [-0.05, 0) is 12.3 Å². The number of carboxylic acid groups (broad SMARTS) is 1. The van der Waals surface area contributed by atoms with E-state index in [-0.39, 0.29) is 24.9 Å². The van der Waals surface area contributed by atoms with Gasteiger partial charge in [0.25, 0.3) is 0 Å². The third-order valence-electron chi connectivity index (χ3n) is 6.14. The van der Waals surface area contributed by atoms with Crippen LogP contribution >= 0.6 is 0 Å². The molecule has 10 nitrogen and oxygen atoms in total. The van der Waals surface area contributed by atoms with Crippen LogP contribution in [0.2, 0.25) is 0 Å². The van der Waals surface area contributed by atoms with Crippen molar-refractivity contribution in [3.63, 3.8) is 0 Å². The van der Waals surface area contributed by atoms with Gasteiger partial charge in [0.15, 0.2) is 0 Å². The third-order valence-corrected chi connectivity index (χ3v) is 6.14. The standard InChI is InChI=1S/C26H48N4O6/c1-4-6-7-8-9-10-11-12-13-14-15-16-21(31)27-17-22(32)28-18-23(33)29-19-24(34)30-25(26(35)36)20(3)5-2/h20,25H,4-19H2,1-3H3,(H,27,31)(H,28,32)(H,29,33)(H,30,34)(H,35,36)/t20-,25-/m0/s1. The second-order valence-electron chi connectivity index (χ2n) is 9.38. The average Bonchev–Trinajstić information content (AvgIpc) is 2.85. The van der Waals surface area contributed by atoms with Gasteiger partial charge in [0.2, 0.25) is 23.6 Å². The van der Waals surface area contributed by atoms with E-state index in [4.69, 9.17) is 0 Å². The zero-order chi connectivity index (χ0) is 27.2. The monoisotopic (exact) mass is 512 g/mol. The van der Waals surface area contributed by atoms with Crippen molar-refractivity contribution in [1.82, 2.24) is 21.3 Å². The minimum atomic E-state index is -1.14. The predicted octanol–water partition coefficient (Wildman–Crippen LogP) is 2.65. The lowest BCUT2D eigenvalue weighted by atomic mass is 9.99. The molecule has 0 aliphatic carbocycles. The van der Waals surface area contributed by atoms with Gasteiger partial charge < -0.3 is 26.4 Å². The molecular weight excluding hydrogens is 464 g/mol. The first kappa shape index (κ1) is 33.4. The Bertz CT molecular complexity index is 671. The number of unbranched alkanes of at least 4 members (excludes halogenated alkanes) is 10. The summed E-state index contributed by atoms with van der Waals surface area (Å²) in [4.78, 5) is 58.6. The fraction of sp³-hybridized carbons (Fsp3) is 0.808. The maximum absolute atomic E-state index is 11.9. The molecule has 0 aromatic heterocycles. The van der Waals surface area contributed by atoms with Crippen molar-refractivity contribution in [2.45, 2.75) is 110 Å². The van der Waals surface area contributed by atoms with Crippen molar-refractivity contribution in [3.05, 3.63) is 0 Å². The van der Waals surface area contributed by atoms with Crippen molar-refractivity contribution in [1.29, 1.82) is 0 Å². The summed E-state index contributed by atoms with van der Waals surface area (Å²) in [5.41, 5.74) is 0. The minimum absolute atomic E-state index is 0.198. The molecule has 0 unspecified atom stereocenters. The number of rotatable bonds is 22. The Morgan fingerprint density at radius 1 is 0.611 bits per heavy atom. The van der Waals surface area contributed by atoms with E-state index in [0.717, 1.165) is 19.3 Å². The van der Waals surface area contributed by atoms with E-state index in [1.807, 2.05) is 6.92 Å². The largest absolute Gasteiger partial charge is 0.480 e. The van der Waals surface area contributed by atoms with E-state index in [1.54, 1.807) is 6.92 Å². The number of nitrogens with one attached hydrogen (secondary N) is 4. The summed E-state index contributed by atoms with van der Waals surface area (Å²) in [5.74, 6) is -3.33. The van der Waals surface area contributed by atoms with Gasteiger partial charge in [-0.3, -0.25) is 19.2 Å². The molecule has 2 atom stereocenters. The van der Waals surface area contributed by atoms with E-state index in [2.05, 4.69) is 28.2 Å². The zero-order valence-electron chi connectivity index (χ0n) is 22.5. The van der Waals surface area contributed by atoms with Crippen LogP contribution < -0.4 is 21.3 Å². The van der Waals surface area contributed by atoms with E-state index < -0.39 is 36.3 Å². The number of amides is 4. The number of carbonyl (C=O) groups excluding carboxylic acids is 4. The quantitative estimate of drug-likeness (QED) is 0.141. The molecule has 0 aromatic carbocycles. The van der Waals surface area contributed by atoms with Crippen LogP contribution in [0.15, 0.2) is 0 Å². The number of hydrogen-bond donors (Lipinski definition) is 5. The van der Waals surface area contributed by atoms with E-state index in [9.17, 15) is 29.1 Å². The maximum Gasteiger partial charge on any atom is 0.326 e. The highest BCUT2D eigenvalue weighted by molar-refractivity contribution is 5.91. The predicted molar refractivity (Wildman–Crippen MR) is 139 cm³/mol. The van der Waals surface area contributed by atoms with Crippen LogP contribution in [0.4, 0.5) is 0 Å². The molecule has 0 fully saturated rings. The van der Waals surface area contributed by atoms with Crippen LogP contribution in [0.1, 0.15) is 104 Å². The lowest BCUT2D eigenvalue weighted by molar-refractivity contribution is -0.143. The van der Waals surface area contributed by atoms with Gasteiger partial charge in [0.1, 0.15) is 6.04 Å². The van der Waals surface area contributed by atoms with Gasteiger partial charge in [-0.25, -0.2) is 4.79 Å². The molecule has 4 amide bonds. The Labute approximate surface area is 216 Å². The van der Waals surface area contributed by atoms with Crippen molar-refractivity contribution < 1.29 is 29.1 Å². The van der Waals surface area contributed by atoms with Gasteiger partial charge >= 0.3 is 5.97 Å². The average molecular weight is 513 g/mol. The summed E-state index contributed by atoms with van der Waals surface area (Å²) in [6, 6.07) is -1.03. The van der Waals surface area contributed by atoms with Crippen LogP contribution in [0.25, 0.3) is 0 Å². The first-order valence-corrected chi connectivity index (χ1v) is 13.5. The summed E-state index contributed by atoms with van der Waals surface area (Å²) >= 11 is 0. The lowest BCUT2D eigenvalue weighted by Crippen LogP contribution is -2.49. The molecule has 0 spiro atoms. The van der Waals surface area contributed by atoms with Crippen LogP contribution in [0, 0.1) is 5.92 Å². The SMILES string of the molecule is CCCCCCCCCCCCCC(=O)NCC(=O)NCC(=O)NCC(=O)N[C@H](C(=O)O)[C@@H](C)CC. The number of aliphatic carboxylic acids is 1. The summed E-state index contributed by atoms with van der Waals surface area (Å²) in [7, 11) is 0. The molecule has 0 rings (SSSR count). The molecule has 0 saturated carbocycles. The zero-order valence-corrected chi connectivity index (χ0v) is 22.5. The molecule has 0 heterocycles. The summed E-state index contributed by atoms with van der Waals surface area (Å²) in [5, 5.41) is 18.8. The van der Waals surface area contributed by atoms with Crippen LogP contribution in [0.5, 0.6) is 0 Å². The van der Waals surface area contributed by atoms with Gasteiger partial charge in [0, 0.05) is 6.42 Å². The molecular formula is C26H48N4O6. The highest BCUT2D eigenvalue weighted by Gasteiger charge is 2.25. The number of hydrogen-bond acceptors (Lipinski definition) is 5. The van der Waals surface area contributed by atoms with Gasteiger partial charge in [-0.1, -0.05) is 91.4 Å². The summed E-state index contributed by atoms with van der Waals surface area (Å²) in [6.07, 6.45) is 14.1. The number of carboxylic acids is 1. The second kappa shape index (κ2) is 21.6. The molecule has 10 heteroatoms. The van der Waals surface area contributed by atoms with E-state index in [0.29, 0.717) is 12.8 Å². The number of carbonyl (C=O) groups is 5. The summed E-state index contributed by atoms with van der Waals surface area (Å²) < 4.78 is 0. The van der Waals surface area contributed by atoms with E-state index in [1.165, 1.54) is 51.4 Å². The minimum Gasteiger partial charge on any atom is -0.480 e. The molecule has 0 aromatic rings. The second-order valence-corrected chi connectivity index (χ2v) is 9.38. The molecule has 0 bridgehead atoms. The van der Waals surface area contributed by atoms with Gasteiger partial charge in [-0.15, -0.1) is 0 Å². The first-order chi connectivity index (χ1) is 17.2. The van der Waals surface area contributed by atoms with Crippen LogP contribution in [-0.2, 0) is 24.0 Å². The fourth-order valence-corrected chi connectivity index (χ4v) is 3.61. The highest BCUT2D eigenvalue weighted by atomic mass is 16.4. The topological polar surface area (TPSA) is 154 Å². The maximum atomic E-state index is 11.9. The van der Waals surface area contributed by atoms with Crippen molar-refractivity contribution in [2.24, 2.45) is 5.92 Å². The van der Waals surface area contributed by atoms with Crippen molar-refractivity contribution >= 4 is 29.6 Å². The molecule has 36 heavy (non-hydrogen) atoms. The first-order valence-electron chi connectivity index (χ1n) is 13.5. The van der Waals surface area contributed by atoms with Crippen LogP contribution in [-0.4, -0.2) is 60.4 Å². The Morgan fingerprint density at radius 2 is 1.03 bits per heavy atom. The normalized spacial score (nSPS) is 12.3. The van der Waals surface area contributed by atoms with Gasteiger partial charge in [-0.2, -0.15) is 0 Å². The van der Waals surface area contributed by atoms with Crippen LogP contribution in [0.3, 0.4) is 0 Å². The van der Waals surface area contributed by atoms with Gasteiger partial charge in [0.05, 0.1) is 19.6 Å². The van der Waals surface area contributed by atoms with Crippen molar-refractivity contribution in [2.75, 3.05) is 19.6 Å². The highest BCUT2D eigenvalue weighted by Crippen LogP contribution is 2.12. The Hall–Kier alpha value is -2.65. The Morgan fingerprint density at radius 3 is 1.47 bits per heavy atom. The third kappa shape index (κ3) is 18.6. The molecule has 208 valence electrons. The van der Waals surface area contributed by atoms with E-state index >= 15 is 0 Å². The smallest absolute Gasteiger partial charge is 0.326 e. The Kier molecular flexibility index (Phi) is 20.0. The molecule has 0 aliphatic rings. The molecule has 5 N–H and O–H groups in total. The lowest BCUT2D eigenvalue weighted by Gasteiger charge is -2.20. The molecule has 0 saturated heterocycles. The Balaban J connectivity index is 3.80. The van der Waals surface area contributed by atoms with Crippen molar-refractivity contribution in [3.8, 4) is 0 Å². The summed E-state index contributed by atoms with van der Waals surface area (Å²) in [6.45, 7) is 4.78. The fourth-order valence-electron chi connectivity index (χ4n) is 3.61.